The van der Waals surface area contributed by atoms with Crippen LogP contribution in [0.5, 0.6) is 0 Å². The van der Waals surface area contributed by atoms with Crippen LogP contribution >= 0.6 is 0 Å². The largest absolute Gasteiger partial charge is 0.410 e. The Morgan fingerprint density at radius 3 is 2.30 bits per heavy atom. The molecular weight excluding hydrogens is 132 g/mol. The number of nitrogens with two attached hydrogens (primary N) is 1. The Kier molecular flexibility index (Phi) is 3.46. The zero-order valence-corrected chi connectivity index (χ0v) is 6.16. The van der Waals surface area contributed by atoms with Crippen molar-refractivity contribution >= 4 is 11.6 Å². The summed E-state index contributed by atoms with van der Waals surface area (Å²) in [5.74, 6) is -0.380. The first-order chi connectivity index (χ1) is 4.57. The van der Waals surface area contributed by atoms with E-state index in [4.69, 9.17) is 10.9 Å². The molecule has 0 heterocycles. The van der Waals surface area contributed by atoms with Crippen LogP contribution in [0.15, 0.2) is 5.16 Å². The first-order valence-corrected chi connectivity index (χ1v) is 3.08. The Hall–Kier alpha value is -1.06. The molecule has 0 bridgehead atoms. The van der Waals surface area contributed by atoms with Crippen molar-refractivity contribution < 1.29 is 10.0 Å². The van der Waals surface area contributed by atoms with Crippen LogP contribution in [0.1, 0.15) is 20.3 Å². The van der Waals surface area contributed by atoms with Gasteiger partial charge in [-0.15, -0.1) is 0 Å². The van der Waals surface area contributed by atoms with Gasteiger partial charge in [0.1, 0.15) is 5.71 Å². The van der Waals surface area contributed by atoms with Gasteiger partial charge in [0.05, 0.1) is 0 Å². The summed E-state index contributed by atoms with van der Waals surface area (Å²) in [6, 6.07) is 0. The summed E-state index contributed by atoms with van der Waals surface area (Å²) in [7, 11) is 0. The summed E-state index contributed by atoms with van der Waals surface area (Å²) in [5.41, 5.74) is 4.90. The number of carbonyl (C=O) groups is 1. The second-order valence-corrected chi connectivity index (χ2v) is 2.51. The van der Waals surface area contributed by atoms with Crippen molar-refractivity contribution in [1.82, 2.24) is 0 Å². The van der Waals surface area contributed by atoms with Gasteiger partial charge in [0.25, 0.3) is 5.91 Å². The lowest BCUT2D eigenvalue weighted by molar-refractivity contribution is -0.112. The molecule has 4 heteroatoms. The van der Waals surface area contributed by atoms with Crippen LogP contribution < -0.4 is 5.73 Å². The molecule has 0 aliphatic carbocycles. The Morgan fingerprint density at radius 1 is 1.70 bits per heavy atom. The molecule has 0 spiro atoms. The number of primary amides is 1. The van der Waals surface area contributed by atoms with Crippen molar-refractivity contribution in [3.8, 4) is 0 Å². The van der Waals surface area contributed by atoms with Gasteiger partial charge in [-0.2, -0.15) is 0 Å². The van der Waals surface area contributed by atoms with E-state index in [-0.39, 0.29) is 11.6 Å². The highest BCUT2D eigenvalue weighted by molar-refractivity contribution is 6.38. The predicted octanol–water partition coefficient (Wildman–Crippen LogP) is 0.348. The van der Waals surface area contributed by atoms with Crippen molar-refractivity contribution in [3.63, 3.8) is 0 Å². The standard InChI is InChI=1S/C6H12N2O2/c1-4(2)3-5(8-10)6(7)9/h4,10H,3H2,1-2H3,(H2,7,9). The zero-order chi connectivity index (χ0) is 8.15. The first-order valence-electron chi connectivity index (χ1n) is 3.08. The highest BCUT2D eigenvalue weighted by atomic mass is 16.4. The van der Waals surface area contributed by atoms with E-state index in [9.17, 15) is 4.79 Å². The Labute approximate surface area is 59.7 Å². The Morgan fingerprint density at radius 2 is 2.20 bits per heavy atom. The second-order valence-electron chi connectivity index (χ2n) is 2.51. The fourth-order valence-corrected chi connectivity index (χ4v) is 0.577. The van der Waals surface area contributed by atoms with Crippen LogP contribution in [-0.2, 0) is 4.79 Å². The quantitative estimate of drug-likeness (QED) is 0.340. The maximum Gasteiger partial charge on any atom is 0.266 e. The number of oxime groups is 1. The molecule has 1 amide bonds. The van der Waals surface area contributed by atoms with Gasteiger partial charge in [0.2, 0.25) is 0 Å². The van der Waals surface area contributed by atoms with Crippen LogP contribution in [0.4, 0.5) is 0 Å². The lowest BCUT2D eigenvalue weighted by Gasteiger charge is -2.01. The Balaban J connectivity index is 3.99. The molecule has 10 heavy (non-hydrogen) atoms. The third-order valence-electron chi connectivity index (χ3n) is 1.01. The molecule has 4 nitrogen and oxygen atoms in total. The smallest absolute Gasteiger partial charge is 0.266 e. The van der Waals surface area contributed by atoms with Gasteiger partial charge in [0, 0.05) is 6.42 Å². The maximum atomic E-state index is 10.4. The summed E-state index contributed by atoms with van der Waals surface area (Å²) < 4.78 is 0. The predicted molar refractivity (Wildman–Crippen MR) is 37.9 cm³/mol. The highest BCUT2D eigenvalue weighted by Crippen LogP contribution is 2.00. The third kappa shape index (κ3) is 3.06. The molecule has 0 rings (SSSR count). The van der Waals surface area contributed by atoms with Crippen molar-refractivity contribution in [3.05, 3.63) is 0 Å². The molecule has 0 unspecified atom stereocenters. The molecule has 3 N–H and O–H groups in total. The summed E-state index contributed by atoms with van der Waals surface area (Å²) >= 11 is 0. The van der Waals surface area contributed by atoms with E-state index < -0.39 is 5.91 Å². The zero-order valence-electron chi connectivity index (χ0n) is 6.16. The second kappa shape index (κ2) is 3.87. The average molecular weight is 144 g/mol. The lowest BCUT2D eigenvalue weighted by atomic mass is 10.1. The van der Waals surface area contributed by atoms with E-state index in [1.807, 2.05) is 13.8 Å². The van der Waals surface area contributed by atoms with E-state index >= 15 is 0 Å². The molecule has 0 aromatic heterocycles. The van der Waals surface area contributed by atoms with Crippen LogP contribution in [0.2, 0.25) is 0 Å². The summed E-state index contributed by atoms with van der Waals surface area (Å²) in [4.78, 5) is 10.4. The van der Waals surface area contributed by atoms with Crippen LogP contribution in [0.3, 0.4) is 0 Å². The van der Waals surface area contributed by atoms with Gasteiger partial charge < -0.3 is 10.9 Å². The molecule has 0 saturated heterocycles. The van der Waals surface area contributed by atoms with Crippen molar-refractivity contribution in [1.29, 1.82) is 0 Å². The van der Waals surface area contributed by atoms with Crippen molar-refractivity contribution in [2.45, 2.75) is 20.3 Å². The summed E-state index contributed by atoms with van der Waals surface area (Å²) in [6.07, 6.45) is 0.422. The van der Waals surface area contributed by atoms with E-state index in [2.05, 4.69) is 5.16 Å². The third-order valence-corrected chi connectivity index (χ3v) is 1.01. The molecule has 58 valence electrons. The number of rotatable bonds is 3. The van der Waals surface area contributed by atoms with Crippen molar-refractivity contribution in [2.75, 3.05) is 0 Å². The minimum atomic E-state index is -0.656. The number of nitrogens with zero attached hydrogens (tertiary/aromatic N) is 1. The Bertz CT molecular complexity index is 152. The fraction of sp³-hybridized carbons (Fsp3) is 0.667. The van der Waals surface area contributed by atoms with Crippen LogP contribution in [0.25, 0.3) is 0 Å². The number of hydrogen-bond donors (Lipinski definition) is 2. The lowest BCUT2D eigenvalue weighted by Crippen LogP contribution is -2.24. The molecule has 0 aromatic rings. The van der Waals surface area contributed by atoms with Gasteiger partial charge in [-0.1, -0.05) is 19.0 Å². The normalized spacial score (nSPS) is 12.1. The molecule has 0 fully saturated rings. The van der Waals surface area contributed by atoms with Gasteiger partial charge >= 0.3 is 0 Å². The van der Waals surface area contributed by atoms with Crippen LogP contribution in [0, 0.1) is 5.92 Å². The fourth-order valence-electron chi connectivity index (χ4n) is 0.577. The molecule has 0 aromatic carbocycles. The summed E-state index contributed by atoms with van der Waals surface area (Å²) in [5, 5.41) is 11.0. The van der Waals surface area contributed by atoms with E-state index in [1.54, 1.807) is 0 Å². The number of amides is 1. The van der Waals surface area contributed by atoms with Crippen molar-refractivity contribution in [2.24, 2.45) is 16.8 Å². The topological polar surface area (TPSA) is 75.7 Å². The highest BCUT2D eigenvalue weighted by Gasteiger charge is 2.08. The van der Waals surface area contributed by atoms with Crippen LogP contribution in [-0.4, -0.2) is 16.8 Å². The number of carbonyl (C=O) groups excluding carboxylic acids is 1. The minimum absolute atomic E-state index is 0.0370. The van der Waals surface area contributed by atoms with E-state index in [1.165, 1.54) is 0 Å². The molecule has 0 aliphatic rings. The van der Waals surface area contributed by atoms with E-state index in [0.717, 1.165) is 0 Å². The molecule has 0 atom stereocenters. The van der Waals surface area contributed by atoms with E-state index in [0.29, 0.717) is 6.42 Å². The summed E-state index contributed by atoms with van der Waals surface area (Å²) in [6.45, 7) is 3.82. The van der Waals surface area contributed by atoms with Gasteiger partial charge in [0.15, 0.2) is 0 Å². The first kappa shape index (κ1) is 8.94. The molecule has 0 saturated carbocycles. The number of hydrogen-bond acceptors (Lipinski definition) is 3. The average Bonchev–Trinajstić information content (AvgIpc) is 1.81. The van der Waals surface area contributed by atoms with Gasteiger partial charge in [-0.05, 0) is 5.92 Å². The molecule has 0 aliphatic heterocycles. The monoisotopic (exact) mass is 144 g/mol. The SMILES string of the molecule is CC(C)CC(=NO)C(N)=O. The molecular formula is C6H12N2O2. The van der Waals surface area contributed by atoms with Gasteiger partial charge in [-0.3, -0.25) is 4.79 Å². The maximum absolute atomic E-state index is 10.4. The van der Waals surface area contributed by atoms with Gasteiger partial charge in [-0.25, -0.2) is 0 Å². The molecule has 0 radical (unpaired) electrons. The minimum Gasteiger partial charge on any atom is -0.410 e.